The average Bonchev–Trinajstić information content (AvgIpc) is 2.58. The Kier molecular flexibility index (Phi) is 1.95. The number of aryl methyl sites for hydroxylation is 1. The van der Waals surface area contributed by atoms with Gasteiger partial charge in [-0.1, -0.05) is 11.6 Å². The monoisotopic (exact) mass is 197 g/mol. The molecular weight excluding hydrogens is 190 g/mol. The maximum absolute atomic E-state index is 5.83. The van der Waals surface area contributed by atoms with Gasteiger partial charge in [-0.05, 0) is 30.7 Å². The van der Waals surface area contributed by atoms with Crippen molar-refractivity contribution in [3.8, 4) is 10.6 Å². The van der Waals surface area contributed by atoms with E-state index in [4.69, 9.17) is 11.6 Å². The van der Waals surface area contributed by atoms with Gasteiger partial charge in [0.25, 0.3) is 0 Å². The third-order valence-corrected chi connectivity index (χ3v) is 3.02. The maximum atomic E-state index is 5.83. The van der Waals surface area contributed by atoms with Crippen LogP contribution >= 0.6 is 22.9 Å². The van der Waals surface area contributed by atoms with E-state index in [9.17, 15) is 0 Å². The molecule has 2 rings (SSSR count). The van der Waals surface area contributed by atoms with Crippen LogP contribution in [0.1, 0.15) is 5.56 Å². The third-order valence-electron chi connectivity index (χ3n) is 1.77. The van der Waals surface area contributed by atoms with Crippen molar-refractivity contribution in [2.45, 2.75) is 6.92 Å². The van der Waals surface area contributed by atoms with E-state index in [-0.39, 0.29) is 0 Å². The number of aromatic nitrogens is 1. The quantitative estimate of drug-likeness (QED) is 0.718. The predicted octanol–water partition coefficient (Wildman–Crippen LogP) is 3.71. The molecule has 0 aliphatic carbocycles. The molecule has 1 nitrogen and oxygen atoms in total. The first-order chi connectivity index (χ1) is 5.77. The van der Waals surface area contributed by atoms with Crippen LogP contribution in [0.3, 0.4) is 0 Å². The molecule has 0 spiro atoms. The molecule has 0 saturated heterocycles. The average molecular weight is 198 g/mol. The first kappa shape index (κ1) is 7.90. The van der Waals surface area contributed by atoms with Crippen molar-refractivity contribution in [2.24, 2.45) is 0 Å². The van der Waals surface area contributed by atoms with Crippen LogP contribution in [0.25, 0.3) is 10.6 Å². The molecule has 2 aromatic rings. The molecule has 0 aliphatic heterocycles. The van der Waals surface area contributed by atoms with Crippen LogP contribution in [-0.2, 0) is 0 Å². The Bertz CT molecular complexity index is 389. The van der Waals surface area contributed by atoms with Gasteiger partial charge in [-0.3, -0.25) is 0 Å². The van der Waals surface area contributed by atoms with E-state index in [1.807, 2.05) is 18.3 Å². The molecule has 1 N–H and O–H groups in total. The lowest BCUT2D eigenvalue weighted by Crippen LogP contribution is -1.72. The summed E-state index contributed by atoms with van der Waals surface area (Å²) in [7, 11) is 0. The molecule has 0 atom stereocenters. The summed E-state index contributed by atoms with van der Waals surface area (Å²) in [6.45, 7) is 2.08. The van der Waals surface area contributed by atoms with Gasteiger partial charge in [0, 0.05) is 6.20 Å². The molecule has 0 unspecified atom stereocenters. The minimum absolute atomic E-state index is 0.832. The minimum Gasteiger partial charge on any atom is -0.360 e. The molecule has 12 heavy (non-hydrogen) atoms. The minimum atomic E-state index is 0.832. The van der Waals surface area contributed by atoms with Crippen molar-refractivity contribution in [3.05, 3.63) is 34.3 Å². The summed E-state index contributed by atoms with van der Waals surface area (Å²) in [5, 5.41) is 0. The standard InChI is InChI=1S/C9H8ClNS/c1-6-4-5-11-9(6)7-2-3-8(10)12-7/h2-5,11H,1H3. The summed E-state index contributed by atoms with van der Waals surface area (Å²) in [6, 6.07) is 6.01. The lowest BCUT2D eigenvalue weighted by atomic mass is 10.2. The highest BCUT2D eigenvalue weighted by molar-refractivity contribution is 7.19. The second-order valence-electron chi connectivity index (χ2n) is 2.64. The lowest BCUT2D eigenvalue weighted by Gasteiger charge is -1.93. The van der Waals surface area contributed by atoms with E-state index < -0.39 is 0 Å². The van der Waals surface area contributed by atoms with E-state index in [0.717, 1.165) is 4.34 Å². The highest BCUT2D eigenvalue weighted by atomic mass is 35.5. The highest BCUT2D eigenvalue weighted by Gasteiger charge is 2.04. The Morgan fingerprint density at radius 3 is 2.67 bits per heavy atom. The highest BCUT2D eigenvalue weighted by Crippen LogP contribution is 2.31. The van der Waals surface area contributed by atoms with Crippen molar-refractivity contribution in [1.82, 2.24) is 4.98 Å². The van der Waals surface area contributed by atoms with Crippen LogP contribution in [-0.4, -0.2) is 4.98 Å². The van der Waals surface area contributed by atoms with Gasteiger partial charge in [-0.2, -0.15) is 0 Å². The van der Waals surface area contributed by atoms with E-state index >= 15 is 0 Å². The smallest absolute Gasteiger partial charge is 0.0935 e. The van der Waals surface area contributed by atoms with Crippen LogP contribution in [0.15, 0.2) is 24.4 Å². The molecule has 3 heteroatoms. The predicted molar refractivity (Wildman–Crippen MR) is 53.9 cm³/mol. The number of aromatic amines is 1. The van der Waals surface area contributed by atoms with Gasteiger partial charge < -0.3 is 4.98 Å². The molecule has 2 heterocycles. The molecule has 0 saturated carbocycles. The molecule has 0 fully saturated rings. The molecule has 0 aromatic carbocycles. The van der Waals surface area contributed by atoms with Crippen LogP contribution in [0.4, 0.5) is 0 Å². The molecule has 62 valence electrons. The van der Waals surface area contributed by atoms with Gasteiger partial charge in [0.1, 0.15) is 0 Å². The molecular formula is C9H8ClNS. The fourth-order valence-corrected chi connectivity index (χ4v) is 2.28. The van der Waals surface area contributed by atoms with Gasteiger partial charge in [-0.15, -0.1) is 11.3 Å². The zero-order valence-corrected chi connectivity index (χ0v) is 8.17. The van der Waals surface area contributed by atoms with Crippen LogP contribution in [0, 0.1) is 6.92 Å². The van der Waals surface area contributed by atoms with Gasteiger partial charge in [0.15, 0.2) is 0 Å². The normalized spacial score (nSPS) is 10.5. The van der Waals surface area contributed by atoms with Gasteiger partial charge in [0.05, 0.1) is 14.9 Å². The van der Waals surface area contributed by atoms with Crippen molar-refractivity contribution in [2.75, 3.05) is 0 Å². The molecule has 0 radical (unpaired) electrons. The number of rotatable bonds is 1. The van der Waals surface area contributed by atoms with Gasteiger partial charge in [0.2, 0.25) is 0 Å². The topological polar surface area (TPSA) is 15.8 Å². The van der Waals surface area contributed by atoms with E-state index in [1.54, 1.807) is 11.3 Å². The first-order valence-corrected chi connectivity index (χ1v) is 4.86. The number of H-pyrrole nitrogens is 1. The van der Waals surface area contributed by atoms with Crippen LogP contribution in [0.2, 0.25) is 4.34 Å². The van der Waals surface area contributed by atoms with Crippen molar-refractivity contribution in [1.29, 1.82) is 0 Å². The summed E-state index contributed by atoms with van der Waals surface area (Å²) in [4.78, 5) is 4.38. The van der Waals surface area contributed by atoms with Crippen molar-refractivity contribution in [3.63, 3.8) is 0 Å². The fourth-order valence-electron chi connectivity index (χ4n) is 1.16. The first-order valence-electron chi connectivity index (χ1n) is 3.67. The summed E-state index contributed by atoms with van der Waals surface area (Å²) < 4.78 is 0.832. The zero-order chi connectivity index (χ0) is 8.55. The fraction of sp³-hybridized carbons (Fsp3) is 0.111. The van der Waals surface area contributed by atoms with Crippen molar-refractivity contribution < 1.29 is 0 Å². The van der Waals surface area contributed by atoms with Crippen molar-refractivity contribution >= 4 is 22.9 Å². The van der Waals surface area contributed by atoms with Crippen LogP contribution in [0.5, 0.6) is 0 Å². The SMILES string of the molecule is Cc1cc[nH]c1-c1ccc(Cl)s1. The molecule has 0 amide bonds. The summed E-state index contributed by atoms with van der Waals surface area (Å²) in [5.41, 5.74) is 2.43. The van der Waals surface area contributed by atoms with E-state index in [0.29, 0.717) is 0 Å². The molecule has 2 aromatic heterocycles. The van der Waals surface area contributed by atoms with E-state index in [1.165, 1.54) is 16.1 Å². The summed E-state index contributed by atoms with van der Waals surface area (Å²) in [5.74, 6) is 0. The number of halogens is 1. The summed E-state index contributed by atoms with van der Waals surface area (Å²) in [6.07, 6.45) is 1.94. The Balaban J connectivity index is 2.50. The Morgan fingerprint density at radius 2 is 2.17 bits per heavy atom. The Hall–Kier alpha value is -0.730. The second-order valence-corrected chi connectivity index (χ2v) is 4.35. The van der Waals surface area contributed by atoms with Crippen LogP contribution < -0.4 is 0 Å². The molecule has 0 aliphatic rings. The number of thiophene rings is 1. The van der Waals surface area contributed by atoms with Gasteiger partial charge >= 0.3 is 0 Å². The maximum Gasteiger partial charge on any atom is 0.0935 e. The second kappa shape index (κ2) is 2.96. The lowest BCUT2D eigenvalue weighted by molar-refractivity contribution is 1.40. The Labute approximate surface area is 80.0 Å². The van der Waals surface area contributed by atoms with E-state index in [2.05, 4.69) is 18.0 Å². The number of nitrogens with one attached hydrogen (secondary N) is 1. The van der Waals surface area contributed by atoms with Gasteiger partial charge in [-0.25, -0.2) is 0 Å². The number of hydrogen-bond acceptors (Lipinski definition) is 1. The largest absolute Gasteiger partial charge is 0.360 e. The Morgan fingerprint density at radius 1 is 1.33 bits per heavy atom. The number of hydrogen-bond donors (Lipinski definition) is 1. The zero-order valence-electron chi connectivity index (χ0n) is 6.60. The molecule has 0 bridgehead atoms. The third kappa shape index (κ3) is 1.28. The summed E-state index contributed by atoms with van der Waals surface area (Å²) >= 11 is 7.43.